The first-order valence-corrected chi connectivity index (χ1v) is 8.04. The summed E-state index contributed by atoms with van der Waals surface area (Å²) in [5.41, 5.74) is 1.02. The lowest BCUT2D eigenvalue weighted by atomic mass is 10.2. The zero-order valence-electron chi connectivity index (χ0n) is 13.6. The minimum absolute atomic E-state index is 0.0602. The third kappa shape index (κ3) is 10.4. The number of hydrazine groups is 1. The fourth-order valence-electron chi connectivity index (χ4n) is 1.07. The Kier molecular flexibility index (Phi) is 7.46. The van der Waals surface area contributed by atoms with Gasteiger partial charge in [-0.15, -0.1) is 11.8 Å². The molecule has 0 atom stereocenters. The van der Waals surface area contributed by atoms with Gasteiger partial charge in [0.1, 0.15) is 11.2 Å². The van der Waals surface area contributed by atoms with Gasteiger partial charge < -0.3 is 9.47 Å². The first-order valence-electron chi connectivity index (χ1n) is 6.41. The van der Waals surface area contributed by atoms with Crippen molar-refractivity contribution < 1.29 is 19.1 Å². The van der Waals surface area contributed by atoms with E-state index < -0.39 is 23.4 Å². The van der Waals surface area contributed by atoms with E-state index in [1.807, 2.05) is 0 Å². The van der Waals surface area contributed by atoms with Crippen molar-refractivity contribution in [1.82, 2.24) is 10.4 Å². The number of ether oxygens (including phenoxy) is 2. The van der Waals surface area contributed by atoms with Crippen molar-refractivity contribution in [3.05, 3.63) is 0 Å². The van der Waals surface area contributed by atoms with Crippen molar-refractivity contribution >= 4 is 40.4 Å². The van der Waals surface area contributed by atoms with Crippen LogP contribution in [0.4, 0.5) is 9.59 Å². The van der Waals surface area contributed by atoms with Gasteiger partial charge in [0.15, 0.2) is 0 Å². The Morgan fingerprint density at radius 2 is 1.57 bits per heavy atom. The predicted molar refractivity (Wildman–Crippen MR) is 88.4 cm³/mol. The molecular weight excluding hydrogens is 312 g/mol. The van der Waals surface area contributed by atoms with Crippen LogP contribution >= 0.6 is 24.0 Å². The molecule has 0 unspecified atom stereocenters. The summed E-state index contributed by atoms with van der Waals surface area (Å²) in [5, 5.41) is 1.01. The van der Waals surface area contributed by atoms with E-state index in [1.54, 1.807) is 47.8 Å². The Labute approximate surface area is 135 Å². The summed E-state index contributed by atoms with van der Waals surface area (Å²) >= 11 is 6.39. The molecule has 0 aromatic rings. The van der Waals surface area contributed by atoms with Crippen LogP contribution in [0.1, 0.15) is 41.5 Å². The highest BCUT2D eigenvalue weighted by atomic mass is 32.2. The van der Waals surface area contributed by atoms with Crippen LogP contribution in [0, 0.1) is 0 Å². The highest BCUT2D eigenvalue weighted by Crippen LogP contribution is 2.11. The summed E-state index contributed by atoms with van der Waals surface area (Å²) in [4.78, 5) is 23.9. The molecule has 6 nitrogen and oxygen atoms in total. The van der Waals surface area contributed by atoms with Gasteiger partial charge in [-0.25, -0.2) is 20.0 Å². The number of nitrogens with one attached hydrogen (secondary N) is 1. The van der Waals surface area contributed by atoms with Crippen LogP contribution < -0.4 is 5.43 Å². The van der Waals surface area contributed by atoms with Crippen LogP contribution in [-0.2, 0) is 9.47 Å². The molecule has 0 fully saturated rings. The largest absolute Gasteiger partial charge is 0.443 e. The molecule has 0 spiro atoms. The highest BCUT2D eigenvalue weighted by molar-refractivity contribution is 8.22. The van der Waals surface area contributed by atoms with Gasteiger partial charge >= 0.3 is 12.2 Å². The molecule has 0 aliphatic heterocycles. The summed E-state index contributed by atoms with van der Waals surface area (Å²) in [5.74, 6) is 0. The molecule has 0 aromatic heterocycles. The van der Waals surface area contributed by atoms with Gasteiger partial charge in [0.25, 0.3) is 0 Å². The minimum Gasteiger partial charge on any atom is -0.443 e. The summed E-state index contributed by atoms with van der Waals surface area (Å²) < 4.78 is 10.9. The van der Waals surface area contributed by atoms with E-state index in [-0.39, 0.29) is 6.54 Å². The maximum absolute atomic E-state index is 12.1. The molecule has 8 heteroatoms. The van der Waals surface area contributed by atoms with Gasteiger partial charge in [-0.05, 0) is 47.8 Å². The van der Waals surface area contributed by atoms with E-state index in [0.717, 1.165) is 5.01 Å². The molecule has 21 heavy (non-hydrogen) atoms. The third-order valence-corrected chi connectivity index (χ3v) is 2.97. The van der Waals surface area contributed by atoms with Crippen LogP contribution in [0.2, 0.25) is 0 Å². The Morgan fingerprint density at radius 1 is 1.10 bits per heavy atom. The lowest BCUT2D eigenvalue weighted by molar-refractivity contribution is 0.00523. The van der Waals surface area contributed by atoms with Crippen molar-refractivity contribution in [3.8, 4) is 0 Å². The number of carbonyl (C=O) groups is 2. The number of nitrogens with zero attached hydrogens (tertiary/aromatic N) is 1. The van der Waals surface area contributed by atoms with Crippen molar-refractivity contribution in [2.24, 2.45) is 0 Å². The molecule has 2 amide bonds. The van der Waals surface area contributed by atoms with E-state index in [9.17, 15) is 9.59 Å². The Balaban J connectivity index is 4.86. The Bertz CT molecular complexity index is 400. The number of hydrogen-bond donors (Lipinski definition) is 1. The fraction of sp³-hybridized carbons (Fsp3) is 0.769. The number of thiocarbonyl (C=S) groups is 1. The van der Waals surface area contributed by atoms with E-state index in [0.29, 0.717) is 4.20 Å². The summed E-state index contributed by atoms with van der Waals surface area (Å²) in [6.45, 7) is 10.5. The molecule has 0 heterocycles. The van der Waals surface area contributed by atoms with Gasteiger partial charge in [-0.1, -0.05) is 12.2 Å². The summed E-state index contributed by atoms with van der Waals surface area (Å²) in [6, 6.07) is 0. The zero-order valence-corrected chi connectivity index (χ0v) is 15.2. The summed E-state index contributed by atoms with van der Waals surface area (Å²) in [7, 11) is 0. The second-order valence-corrected chi connectivity index (χ2v) is 7.91. The van der Waals surface area contributed by atoms with Gasteiger partial charge in [0, 0.05) is 0 Å². The highest BCUT2D eigenvalue weighted by Gasteiger charge is 2.26. The van der Waals surface area contributed by atoms with Crippen molar-refractivity contribution in [1.29, 1.82) is 0 Å². The molecule has 122 valence electrons. The van der Waals surface area contributed by atoms with E-state index >= 15 is 0 Å². The first-order chi connectivity index (χ1) is 9.34. The van der Waals surface area contributed by atoms with Crippen molar-refractivity contribution in [2.45, 2.75) is 52.7 Å². The van der Waals surface area contributed by atoms with Crippen LogP contribution in [-0.4, -0.2) is 45.4 Å². The quantitative estimate of drug-likeness (QED) is 0.616. The smallest absolute Gasteiger partial charge is 0.429 e. The van der Waals surface area contributed by atoms with E-state index in [4.69, 9.17) is 21.7 Å². The number of carbonyl (C=O) groups excluding carboxylic acids is 2. The monoisotopic (exact) mass is 336 g/mol. The zero-order chi connectivity index (χ0) is 16.8. The third-order valence-electron chi connectivity index (χ3n) is 1.75. The lowest BCUT2D eigenvalue weighted by Gasteiger charge is -2.28. The SMILES string of the molecule is CSC(=S)CN(NC(=O)OC(C)(C)C)C(=O)OC(C)(C)C. The molecule has 0 saturated heterocycles. The minimum atomic E-state index is -0.739. The molecular formula is C13H24N2O4S2. The van der Waals surface area contributed by atoms with Crippen LogP contribution in [0.5, 0.6) is 0 Å². The second kappa shape index (κ2) is 7.84. The van der Waals surface area contributed by atoms with Gasteiger partial charge in [0.2, 0.25) is 0 Å². The van der Waals surface area contributed by atoms with Crippen molar-refractivity contribution in [2.75, 3.05) is 12.8 Å². The number of rotatable bonds is 2. The molecule has 0 aliphatic carbocycles. The first kappa shape index (κ1) is 20.0. The second-order valence-electron chi connectivity index (χ2n) is 6.26. The normalized spacial score (nSPS) is 11.6. The van der Waals surface area contributed by atoms with Crippen LogP contribution in [0.3, 0.4) is 0 Å². The lowest BCUT2D eigenvalue weighted by Crippen LogP contribution is -2.51. The van der Waals surface area contributed by atoms with Gasteiger partial charge in [0.05, 0.1) is 10.7 Å². The topological polar surface area (TPSA) is 67.9 Å². The average Bonchev–Trinajstić information content (AvgIpc) is 2.22. The molecule has 0 aliphatic rings. The predicted octanol–water partition coefficient (Wildman–Crippen LogP) is 3.35. The number of thioether (sulfide) groups is 1. The van der Waals surface area contributed by atoms with E-state index in [2.05, 4.69) is 5.43 Å². The fourth-order valence-corrected chi connectivity index (χ4v) is 1.46. The molecule has 0 rings (SSSR count). The van der Waals surface area contributed by atoms with Gasteiger partial charge in [-0.2, -0.15) is 0 Å². The van der Waals surface area contributed by atoms with Crippen LogP contribution in [0.15, 0.2) is 0 Å². The maximum Gasteiger partial charge on any atom is 0.429 e. The average molecular weight is 336 g/mol. The standard InChI is InChI=1S/C13H24N2O4S2/c1-12(2,3)18-10(16)14-15(8-9(20)21-7)11(17)19-13(4,5)6/h8H2,1-7H3,(H,14,16). The van der Waals surface area contributed by atoms with Gasteiger partial charge in [-0.3, -0.25) is 0 Å². The van der Waals surface area contributed by atoms with Crippen LogP contribution in [0.25, 0.3) is 0 Å². The summed E-state index contributed by atoms with van der Waals surface area (Å²) in [6.07, 6.45) is 0.366. The molecule has 0 aromatic carbocycles. The molecule has 0 bridgehead atoms. The number of amides is 2. The van der Waals surface area contributed by atoms with Crippen molar-refractivity contribution in [3.63, 3.8) is 0 Å². The maximum atomic E-state index is 12.1. The van der Waals surface area contributed by atoms with E-state index in [1.165, 1.54) is 11.8 Å². The number of hydrogen-bond acceptors (Lipinski definition) is 6. The Morgan fingerprint density at radius 3 is 1.95 bits per heavy atom. The molecule has 0 radical (unpaired) electrons. The molecule has 0 saturated carbocycles. The molecule has 1 N–H and O–H groups in total. The Hall–Kier alpha value is -1.02.